The molecule has 0 aromatic carbocycles. The highest BCUT2D eigenvalue weighted by Crippen LogP contribution is 2.42. The van der Waals surface area contributed by atoms with Gasteiger partial charge in [-0.1, -0.05) is 0 Å². The largest absolute Gasteiger partial charge is 0.334 e. The van der Waals surface area contributed by atoms with Gasteiger partial charge in [0.2, 0.25) is 15.9 Å². The molecule has 9 heteroatoms. The molecule has 4 heterocycles. The zero-order valence-electron chi connectivity index (χ0n) is 14.0. The van der Waals surface area contributed by atoms with Gasteiger partial charge in [-0.2, -0.15) is 5.10 Å². The Morgan fingerprint density at radius 3 is 2.96 bits per heavy atom. The number of aryl methyl sites for hydroxylation is 1. The van der Waals surface area contributed by atoms with Crippen molar-refractivity contribution in [3.63, 3.8) is 0 Å². The predicted octanol–water partition coefficient (Wildman–Crippen LogP) is -0.985. The lowest BCUT2D eigenvalue weighted by molar-refractivity contribution is -0.143. The normalized spacial score (nSPS) is 30.4. The van der Waals surface area contributed by atoms with E-state index in [4.69, 9.17) is 0 Å². The molecule has 0 aliphatic carbocycles. The number of hydrogen-bond donors (Lipinski definition) is 1. The molecule has 0 unspecified atom stereocenters. The molecular weight excluding hydrogens is 330 g/mol. The molecule has 2 fully saturated rings. The lowest BCUT2D eigenvalue weighted by atomic mass is 9.79. The molecule has 0 bridgehead atoms. The van der Waals surface area contributed by atoms with Crippen molar-refractivity contribution in [3.05, 3.63) is 17.5 Å². The molecule has 2 saturated heterocycles. The first-order chi connectivity index (χ1) is 11.3. The molecule has 1 N–H and O–H groups in total. The number of aromatic nitrogens is 2. The maximum Gasteiger partial charge on any atom is 0.232 e. The molecule has 0 radical (unpaired) electrons. The van der Waals surface area contributed by atoms with Gasteiger partial charge in [-0.05, 0) is 13.0 Å². The van der Waals surface area contributed by atoms with Crippen molar-refractivity contribution < 1.29 is 13.2 Å². The molecule has 1 aromatic heterocycles. The van der Waals surface area contributed by atoms with Crippen LogP contribution in [-0.2, 0) is 27.9 Å². The van der Waals surface area contributed by atoms with Crippen LogP contribution < -0.4 is 5.32 Å². The molecule has 3 aliphatic heterocycles. The van der Waals surface area contributed by atoms with E-state index in [1.165, 1.54) is 10.6 Å². The summed E-state index contributed by atoms with van der Waals surface area (Å²) in [7, 11) is -3.27. The first-order valence-corrected chi connectivity index (χ1v) is 10.1. The lowest BCUT2D eigenvalue weighted by Crippen LogP contribution is -2.51. The first-order valence-electron chi connectivity index (χ1n) is 8.28. The van der Waals surface area contributed by atoms with Crippen molar-refractivity contribution >= 4 is 15.9 Å². The van der Waals surface area contributed by atoms with Crippen LogP contribution >= 0.6 is 0 Å². The van der Waals surface area contributed by atoms with Crippen molar-refractivity contribution in [2.24, 2.45) is 11.3 Å². The summed E-state index contributed by atoms with van der Waals surface area (Å²) >= 11 is 0. The number of sulfonamides is 1. The van der Waals surface area contributed by atoms with Gasteiger partial charge in [-0.15, -0.1) is 0 Å². The zero-order valence-corrected chi connectivity index (χ0v) is 14.8. The second-order valence-electron chi connectivity index (χ2n) is 7.27. The molecule has 4 rings (SSSR count). The average Bonchev–Trinajstić information content (AvgIpc) is 3.15. The molecule has 1 amide bonds. The molecular formula is C15H23N5O3S. The van der Waals surface area contributed by atoms with E-state index in [-0.39, 0.29) is 18.4 Å². The van der Waals surface area contributed by atoms with Crippen LogP contribution in [0.1, 0.15) is 11.4 Å². The maximum atomic E-state index is 13.3. The van der Waals surface area contributed by atoms with Crippen molar-refractivity contribution in [1.29, 1.82) is 0 Å². The zero-order chi connectivity index (χ0) is 17.1. The van der Waals surface area contributed by atoms with E-state index in [0.717, 1.165) is 11.4 Å². The average molecular weight is 353 g/mol. The monoisotopic (exact) mass is 353 g/mol. The van der Waals surface area contributed by atoms with Gasteiger partial charge in [0.25, 0.3) is 0 Å². The van der Waals surface area contributed by atoms with Gasteiger partial charge >= 0.3 is 0 Å². The standard InChI is InChI=1S/C15H23N5O3S/c1-11-5-13-8-18(3-4-20(13)17-11)14(21)15-9-16-6-12(15)7-19(10-15)24(2,22)23/h5,12,16H,3-4,6-10H2,1-2H3/t12-,15-/m1/s1. The summed E-state index contributed by atoms with van der Waals surface area (Å²) < 4.78 is 27.3. The van der Waals surface area contributed by atoms with Crippen molar-refractivity contribution in [1.82, 2.24) is 24.3 Å². The number of hydrogen-bond acceptors (Lipinski definition) is 5. The van der Waals surface area contributed by atoms with Gasteiger partial charge in [-0.25, -0.2) is 12.7 Å². The third kappa shape index (κ3) is 2.37. The van der Waals surface area contributed by atoms with Crippen molar-refractivity contribution in [2.45, 2.75) is 20.0 Å². The van der Waals surface area contributed by atoms with Crippen LogP contribution in [0.5, 0.6) is 0 Å². The van der Waals surface area contributed by atoms with Crippen LogP contribution in [0.4, 0.5) is 0 Å². The Morgan fingerprint density at radius 2 is 2.21 bits per heavy atom. The van der Waals surface area contributed by atoms with E-state index in [1.807, 2.05) is 22.6 Å². The topological polar surface area (TPSA) is 87.5 Å². The SMILES string of the molecule is Cc1cc2n(n1)CCN(C(=O)[C@@]13CNC[C@@H]1CN(S(C)(=O)=O)C3)C2. The minimum absolute atomic E-state index is 0.0494. The quantitative estimate of drug-likeness (QED) is 0.738. The van der Waals surface area contributed by atoms with Crippen LogP contribution in [0.25, 0.3) is 0 Å². The Bertz CT molecular complexity index is 789. The fourth-order valence-electron chi connectivity index (χ4n) is 4.33. The van der Waals surface area contributed by atoms with Gasteiger partial charge < -0.3 is 10.2 Å². The number of nitrogens with one attached hydrogen (secondary N) is 1. The molecule has 8 nitrogen and oxygen atoms in total. The van der Waals surface area contributed by atoms with Gasteiger partial charge in [0, 0.05) is 38.6 Å². The smallest absolute Gasteiger partial charge is 0.232 e. The Labute approximate surface area is 141 Å². The number of carbonyl (C=O) groups excluding carboxylic acids is 1. The number of carbonyl (C=O) groups is 1. The highest BCUT2D eigenvalue weighted by molar-refractivity contribution is 7.88. The minimum atomic E-state index is -3.27. The fraction of sp³-hybridized carbons (Fsp3) is 0.733. The van der Waals surface area contributed by atoms with Crippen LogP contribution in [0.2, 0.25) is 0 Å². The summed E-state index contributed by atoms with van der Waals surface area (Å²) in [5.41, 5.74) is 1.38. The van der Waals surface area contributed by atoms with Crippen LogP contribution in [-0.4, -0.2) is 72.3 Å². The second-order valence-corrected chi connectivity index (χ2v) is 9.25. The Morgan fingerprint density at radius 1 is 1.42 bits per heavy atom. The van der Waals surface area contributed by atoms with Crippen molar-refractivity contribution in [2.75, 3.05) is 39.0 Å². The number of fused-ring (bicyclic) bond motifs is 2. The summed E-state index contributed by atoms with van der Waals surface area (Å²) in [6, 6.07) is 2.01. The van der Waals surface area contributed by atoms with Gasteiger partial charge in [0.05, 0.1) is 36.1 Å². The summed E-state index contributed by atoms with van der Waals surface area (Å²) in [5.74, 6) is 0.127. The Hall–Kier alpha value is -1.45. The van der Waals surface area contributed by atoms with E-state index in [0.29, 0.717) is 39.3 Å². The summed E-state index contributed by atoms with van der Waals surface area (Å²) in [6.45, 7) is 5.79. The van der Waals surface area contributed by atoms with E-state index < -0.39 is 15.4 Å². The van der Waals surface area contributed by atoms with Gasteiger partial charge in [0.15, 0.2) is 0 Å². The van der Waals surface area contributed by atoms with E-state index in [2.05, 4.69) is 10.4 Å². The molecule has 1 aromatic rings. The number of amides is 1. The summed E-state index contributed by atoms with van der Waals surface area (Å²) in [6.07, 6.45) is 1.22. The highest BCUT2D eigenvalue weighted by atomic mass is 32.2. The molecule has 0 saturated carbocycles. The Balaban J connectivity index is 1.59. The third-order valence-corrected chi connectivity index (χ3v) is 6.81. The second kappa shape index (κ2) is 5.27. The van der Waals surface area contributed by atoms with Crippen LogP contribution in [0.15, 0.2) is 6.07 Å². The van der Waals surface area contributed by atoms with Gasteiger partial charge in [0.1, 0.15) is 0 Å². The fourth-order valence-corrected chi connectivity index (χ4v) is 5.24. The van der Waals surface area contributed by atoms with Crippen LogP contribution in [0.3, 0.4) is 0 Å². The lowest BCUT2D eigenvalue weighted by Gasteiger charge is -2.36. The minimum Gasteiger partial charge on any atom is -0.334 e. The van der Waals surface area contributed by atoms with Crippen LogP contribution in [0, 0.1) is 18.3 Å². The summed E-state index contributed by atoms with van der Waals surface area (Å²) in [5, 5.41) is 7.72. The van der Waals surface area contributed by atoms with Crippen molar-refractivity contribution in [3.8, 4) is 0 Å². The van der Waals surface area contributed by atoms with E-state index in [9.17, 15) is 13.2 Å². The maximum absolute atomic E-state index is 13.3. The number of rotatable bonds is 2. The van der Waals surface area contributed by atoms with E-state index >= 15 is 0 Å². The molecule has 24 heavy (non-hydrogen) atoms. The van der Waals surface area contributed by atoms with E-state index in [1.54, 1.807) is 0 Å². The summed E-state index contributed by atoms with van der Waals surface area (Å²) in [4.78, 5) is 15.2. The molecule has 3 aliphatic rings. The highest BCUT2D eigenvalue weighted by Gasteiger charge is 2.57. The third-order valence-electron chi connectivity index (χ3n) is 5.60. The Kier molecular flexibility index (Phi) is 3.52. The van der Waals surface area contributed by atoms with Gasteiger partial charge in [-0.3, -0.25) is 9.48 Å². The molecule has 2 atom stereocenters. The molecule has 0 spiro atoms. The first kappa shape index (κ1) is 16.0. The molecule has 132 valence electrons. The number of nitrogens with zero attached hydrogens (tertiary/aromatic N) is 4. The predicted molar refractivity (Wildman–Crippen MR) is 87.6 cm³/mol.